The molecule has 0 atom stereocenters. The molecule has 19 heavy (non-hydrogen) atoms. The van der Waals surface area contributed by atoms with Gasteiger partial charge in [0.15, 0.2) is 11.5 Å². The van der Waals surface area contributed by atoms with Gasteiger partial charge in [-0.3, -0.25) is 4.98 Å². The lowest BCUT2D eigenvalue weighted by Gasteiger charge is -2.07. The standard InChI is InChI=1S/C12H13N7/c1-13-12-18-10(9-11(19-12)17-7-16-9)15-6-8-2-4-14-5-3-8/h2-5,7H,6H2,1H3,(H3,13,15,16,17,18,19). The van der Waals surface area contributed by atoms with Crippen molar-refractivity contribution in [3.63, 3.8) is 0 Å². The summed E-state index contributed by atoms with van der Waals surface area (Å²) in [5.74, 6) is 1.26. The molecule has 3 N–H and O–H groups in total. The second-order valence-corrected chi connectivity index (χ2v) is 3.96. The number of rotatable bonds is 4. The third-order valence-corrected chi connectivity index (χ3v) is 2.72. The fourth-order valence-electron chi connectivity index (χ4n) is 1.76. The van der Waals surface area contributed by atoms with Crippen molar-refractivity contribution in [2.24, 2.45) is 0 Å². The first kappa shape index (κ1) is 11.4. The van der Waals surface area contributed by atoms with Crippen LogP contribution in [0.1, 0.15) is 5.56 Å². The van der Waals surface area contributed by atoms with E-state index in [-0.39, 0.29) is 0 Å². The highest BCUT2D eigenvalue weighted by atomic mass is 15.2. The molecule has 3 heterocycles. The molecule has 3 aromatic rings. The van der Waals surface area contributed by atoms with Crippen LogP contribution < -0.4 is 10.6 Å². The summed E-state index contributed by atoms with van der Waals surface area (Å²) in [5.41, 5.74) is 2.57. The Morgan fingerprint density at radius 3 is 2.84 bits per heavy atom. The van der Waals surface area contributed by atoms with E-state index in [9.17, 15) is 0 Å². The maximum atomic E-state index is 4.39. The lowest BCUT2D eigenvalue weighted by Crippen LogP contribution is -2.05. The molecule has 0 aliphatic rings. The number of H-pyrrole nitrogens is 1. The average molecular weight is 255 g/mol. The van der Waals surface area contributed by atoms with E-state index < -0.39 is 0 Å². The lowest BCUT2D eigenvalue weighted by atomic mass is 10.3. The first-order valence-electron chi connectivity index (χ1n) is 5.88. The molecule has 7 heteroatoms. The number of hydrogen-bond acceptors (Lipinski definition) is 6. The van der Waals surface area contributed by atoms with Crippen LogP contribution in [0.15, 0.2) is 30.9 Å². The molecule has 0 aliphatic carbocycles. The summed E-state index contributed by atoms with van der Waals surface area (Å²) < 4.78 is 0. The normalized spacial score (nSPS) is 10.6. The number of aromatic amines is 1. The zero-order valence-electron chi connectivity index (χ0n) is 10.4. The minimum absolute atomic E-state index is 0.539. The van der Waals surface area contributed by atoms with Gasteiger partial charge in [0.2, 0.25) is 5.95 Å². The molecule has 0 aliphatic heterocycles. The molecule has 0 fully saturated rings. The molecule has 0 bridgehead atoms. The Balaban J connectivity index is 1.89. The molecule has 3 aromatic heterocycles. The fourth-order valence-corrected chi connectivity index (χ4v) is 1.76. The summed E-state index contributed by atoms with van der Waals surface area (Å²) in [7, 11) is 1.78. The largest absolute Gasteiger partial charge is 0.364 e. The quantitative estimate of drug-likeness (QED) is 0.652. The van der Waals surface area contributed by atoms with Gasteiger partial charge in [-0.25, -0.2) is 4.98 Å². The average Bonchev–Trinajstić information content (AvgIpc) is 2.94. The van der Waals surface area contributed by atoms with Gasteiger partial charge in [-0.05, 0) is 17.7 Å². The summed E-state index contributed by atoms with van der Waals surface area (Å²) in [4.78, 5) is 19.8. The van der Waals surface area contributed by atoms with Gasteiger partial charge < -0.3 is 15.6 Å². The highest BCUT2D eigenvalue weighted by Gasteiger charge is 2.08. The first-order chi connectivity index (χ1) is 9.36. The van der Waals surface area contributed by atoms with Crippen molar-refractivity contribution in [1.29, 1.82) is 0 Å². The van der Waals surface area contributed by atoms with Crippen LogP contribution in [-0.4, -0.2) is 32.0 Å². The van der Waals surface area contributed by atoms with E-state index in [1.165, 1.54) is 0 Å². The van der Waals surface area contributed by atoms with E-state index >= 15 is 0 Å². The molecule has 0 saturated heterocycles. The van der Waals surface area contributed by atoms with E-state index in [2.05, 4.69) is 35.6 Å². The second-order valence-electron chi connectivity index (χ2n) is 3.96. The zero-order valence-corrected chi connectivity index (χ0v) is 10.4. The van der Waals surface area contributed by atoms with Gasteiger partial charge in [0.25, 0.3) is 0 Å². The summed E-state index contributed by atoms with van der Waals surface area (Å²) in [6.45, 7) is 0.663. The molecule has 96 valence electrons. The Morgan fingerprint density at radius 2 is 2.05 bits per heavy atom. The molecular weight excluding hydrogens is 242 g/mol. The SMILES string of the molecule is CNc1nc(NCc2ccncc2)c2[nH]cnc2n1. The van der Waals surface area contributed by atoms with Crippen LogP contribution in [0.2, 0.25) is 0 Å². The summed E-state index contributed by atoms with van der Waals surface area (Å²) >= 11 is 0. The summed E-state index contributed by atoms with van der Waals surface area (Å²) in [6.07, 6.45) is 5.14. The number of hydrogen-bond donors (Lipinski definition) is 3. The molecule has 0 saturated carbocycles. The van der Waals surface area contributed by atoms with E-state index in [0.717, 1.165) is 16.9 Å². The topological polar surface area (TPSA) is 91.4 Å². The van der Waals surface area contributed by atoms with E-state index in [1.807, 2.05) is 12.1 Å². The van der Waals surface area contributed by atoms with Gasteiger partial charge >= 0.3 is 0 Å². The van der Waals surface area contributed by atoms with Crippen LogP contribution in [0, 0.1) is 0 Å². The molecule has 0 unspecified atom stereocenters. The first-order valence-corrected chi connectivity index (χ1v) is 5.88. The predicted octanol–water partition coefficient (Wildman–Crippen LogP) is 1.40. The van der Waals surface area contributed by atoms with Crippen molar-refractivity contribution in [2.45, 2.75) is 6.54 Å². The molecule has 3 rings (SSSR count). The van der Waals surface area contributed by atoms with Crippen LogP contribution in [0.25, 0.3) is 11.2 Å². The summed E-state index contributed by atoms with van der Waals surface area (Å²) in [6, 6.07) is 3.91. The van der Waals surface area contributed by atoms with Crippen LogP contribution in [-0.2, 0) is 6.54 Å². The third-order valence-electron chi connectivity index (χ3n) is 2.72. The van der Waals surface area contributed by atoms with Crippen molar-refractivity contribution >= 4 is 22.9 Å². The molecule has 7 nitrogen and oxygen atoms in total. The van der Waals surface area contributed by atoms with Gasteiger partial charge in [0.05, 0.1) is 6.33 Å². The Morgan fingerprint density at radius 1 is 1.21 bits per heavy atom. The maximum absolute atomic E-state index is 4.39. The van der Waals surface area contributed by atoms with Crippen molar-refractivity contribution in [2.75, 3.05) is 17.7 Å². The molecule has 0 radical (unpaired) electrons. The highest BCUT2D eigenvalue weighted by Crippen LogP contribution is 2.18. The lowest BCUT2D eigenvalue weighted by molar-refractivity contribution is 1.08. The number of nitrogens with zero attached hydrogens (tertiary/aromatic N) is 4. The smallest absolute Gasteiger partial charge is 0.226 e. The van der Waals surface area contributed by atoms with Gasteiger partial charge in [-0.15, -0.1) is 0 Å². The van der Waals surface area contributed by atoms with Crippen molar-refractivity contribution < 1.29 is 0 Å². The Labute approximate surface area is 109 Å². The van der Waals surface area contributed by atoms with Gasteiger partial charge in [0, 0.05) is 26.0 Å². The monoisotopic (exact) mass is 255 g/mol. The summed E-state index contributed by atoms with van der Waals surface area (Å²) in [5, 5.41) is 6.20. The minimum atomic E-state index is 0.539. The van der Waals surface area contributed by atoms with E-state index in [0.29, 0.717) is 18.1 Å². The third kappa shape index (κ3) is 2.30. The van der Waals surface area contributed by atoms with Crippen molar-refractivity contribution in [3.05, 3.63) is 36.4 Å². The fraction of sp³-hybridized carbons (Fsp3) is 0.167. The minimum Gasteiger partial charge on any atom is -0.364 e. The van der Waals surface area contributed by atoms with E-state index in [4.69, 9.17) is 0 Å². The Hall–Kier alpha value is -2.70. The van der Waals surface area contributed by atoms with Crippen LogP contribution in [0.5, 0.6) is 0 Å². The molecule has 0 spiro atoms. The highest BCUT2D eigenvalue weighted by molar-refractivity contribution is 5.83. The van der Waals surface area contributed by atoms with Crippen molar-refractivity contribution in [1.82, 2.24) is 24.9 Å². The van der Waals surface area contributed by atoms with E-state index in [1.54, 1.807) is 25.8 Å². The molecule has 0 aromatic carbocycles. The van der Waals surface area contributed by atoms with Crippen LogP contribution in [0.4, 0.5) is 11.8 Å². The number of nitrogens with one attached hydrogen (secondary N) is 3. The maximum Gasteiger partial charge on any atom is 0.226 e. The molecular formula is C12H13N7. The number of imidazole rings is 1. The number of fused-ring (bicyclic) bond motifs is 1. The van der Waals surface area contributed by atoms with Gasteiger partial charge in [0.1, 0.15) is 5.52 Å². The Kier molecular flexibility index (Phi) is 2.93. The molecule has 0 amide bonds. The number of aromatic nitrogens is 5. The van der Waals surface area contributed by atoms with Crippen molar-refractivity contribution in [3.8, 4) is 0 Å². The second kappa shape index (κ2) is 4.89. The van der Waals surface area contributed by atoms with Gasteiger partial charge in [-0.1, -0.05) is 0 Å². The predicted molar refractivity (Wildman–Crippen MR) is 72.8 cm³/mol. The zero-order chi connectivity index (χ0) is 13.1. The van der Waals surface area contributed by atoms with Crippen LogP contribution in [0.3, 0.4) is 0 Å². The number of anilines is 2. The number of pyridine rings is 1. The Bertz CT molecular complexity index is 677. The van der Waals surface area contributed by atoms with Gasteiger partial charge in [-0.2, -0.15) is 9.97 Å². The van der Waals surface area contributed by atoms with Crippen LogP contribution >= 0.6 is 0 Å².